The van der Waals surface area contributed by atoms with Crippen molar-refractivity contribution in [1.29, 1.82) is 0 Å². The van der Waals surface area contributed by atoms with Gasteiger partial charge in [0.1, 0.15) is 5.69 Å². The van der Waals surface area contributed by atoms with Gasteiger partial charge in [0.05, 0.1) is 11.8 Å². The van der Waals surface area contributed by atoms with Crippen molar-refractivity contribution in [2.75, 3.05) is 39.3 Å². The van der Waals surface area contributed by atoms with E-state index in [9.17, 15) is 13.6 Å². The summed E-state index contributed by atoms with van der Waals surface area (Å²) in [4.78, 5) is 16.9. The topological polar surface area (TPSA) is 53.4 Å². The summed E-state index contributed by atoms with van der Waals surface area (Å²) in [5.74, 6) is -0.132. The fraction of sp³-hybridized carbons (Fsp3) is 0.765. The van der Waals surface area contributed by atoms with Gasteiger partial charge in [0.2, 0.25) is 0 Å². The molecule has 2 saturated heterocycles. The van der Waals surface area contributed by atoms with Crippen LogP contribution in [0.2, 0.25) is 0 Å². The van der Waals surface area contributed by atoms with E-state index in [-0.39, 0.29) is 23.1 Å². The highest BCUT2D eigenvalue weighted by Crippen LogP contribution is 2.26. The van der Waals surface area contributed by atoms with Gasteiger partial charge >= 0.3 is 0 Å². The summed E-state index contributed by atoms with van der Waals surface area (Å²) in [6.07, 6.45) is -0.494. The van der Waals surface area contributed by atoms with Gasteiger partial charge in [-0.05, 0) is 12.3 Å². The predicted molar refractivity (Wildman–Crippen MR) is 90.8 cm³/mol. The number of carbonyl (C=O) groups excluding carboxylic acids is 1. The molecule has 1 aromatic rings. The van der Waals surface area contributed by atoms with E-state index in [0.29, 0.717) is 25.7 Å². The molecule has 1 unspecified atom stereocenters. The van der Waals surface area contributed by atoms with Gasteiger partial charge in [-0.25, -0.2) is 8.78 Å². The van der Waals surface area contributed by atoms with Gasteiger partial charge in [-0.3, -0.25) is 14.4 Å². The Kier molecular flexibility index (Phi) is 5.68. The third-order valence-corrected chi connectivity index (χ3v) is 4.97. The summed E-state index contributed by atoms with van der Waals surface area (Å²) in [5.41, 5.74) is -0.194. The fourth-order valence-electron chi connectivity index (χ4n) is 3.72. The summed E-state index contributed by atoms with van der Waals surface area (Å²) < 4.78 is 28.4. The van der Waals surface area contributed by atoms with Crippen molar-refractivity contribution in [2.45, 2.75) is 39.3 Å². The lowest BCUT2D eigenvalue weighted by atomic mass is 10.2. The standard InChI is InChI=1S/C17H27F2N5O/c1-12(2)10-24-15(16(18)19)14(9-21-24)17(25)23-6-3-13(11-23)22-7-4-20-5-8-22/h9,12-13,16,20H,3-8,10-11H2,1-2H3. The first-order chi connectivity index (χ1) is 12.0. The molecule has 2 fully saturated rings. The SMILES string of the molecule is CC(C)Cn1ncc(C(=O)N2CCC(N3CCNCC3)C2)c1C(F)F. The molecule has 8 heteroatoms. The zero-order valence-corrected chi connectivity index (χ0v) is 14.9. The number of carbonyl (C=O) groups is 1. The number of likely N-dealkylation sites (tertiary alicyclic amines) is 1. The van der Waals surface area contributed by atoms with Gasteiger partial charge in [0, 0.05) is 51.9 Å². The number of amides is 1. The lowest BCUT2D eigenvalue weighted by molar-refractivity contribution is 0.0758. The van der Waals surface area contributed by atoms with E-state index in [1.54, 1.807) is 4.90 Å². The van der Waals surface area contributed by atoms with Gasteiger partial charge in [0.25, 0.3) is 12.3 Å². The monoisotopic (exact) mass is 355 g/mol. The van der Waals surface area contributed by atoms with Crippen LogP contribution < -0.4 is 5.32 Å². The Morgan fingerprint density at radius 2 is 2.04 bits per heavy atom. The molecular weight excluding hydrogens is 328 g/mol. The summed E-state index contributed by atoms with van der Waals surface area (Å²) in [6.45, 7) is 9.36. The van der Waals surface area contributed by atoms with E-state index in [1.165, 1.54) is 10.9 Å². The zero-order chi connectivity index (χ0) is 18.0. The molecule has 6 nitrogen and oxygen atoms in total. The number of nitrogens with zero attached hydrogens (tertiary/aromatic N) is 4. The van der Waals surface area contributed by atoms with Crippen molar-refractivity contribution in [3.63, 3.8) is 0 Å². The Balaban J connectivity index is 1.71. The van der Waals surface area contributed by atoms with Crippen LogP contribution >= 0.6 is 0 Å². The van der Waals surface area contributed by atoms with E-state index in [4.69, 9.17) is 0 Å². The Labute approximate surface area is 147 Å². The molecule has 2 aliphatic heterocycles. The number of hydrogen-bond donors (Lipinski definition) is 1. The lowest BCUT2D eigenvalue weighted by Gasteiger charge is -2.32. The highest BCUT2D eigenvalue weighted by molar-refractivity contribution is 5.95. The summed E-state index contributed by atoms with van der Waals surface area (Å²) in [6, 6.07) is 0.326. The number of nitrogens with one attached hydrogen (secondary N) is 1. The van der Waals surface area contributed by atoms with Crippen molar-refractivity contribution in [2.24, 2.45) is 5.92 Å². The molecule has 25 heavy (non-hydrogen) atoms. The van der Waals surface area contributed by atoms with Crippen molar-refractivity contribution in [3.05, 3.63) is 17.5 Å². The second kappa shape index (κ2) is 7.78. The molecule has 1 amide bonds. The molecule has 0 aromatic carbocycles. The second-order valence-electron chi connectivity index (χ2n) is 7.30. The molecule has 3 rings (SSSR count). The van der Waals surface area contributed by atoms with Crippen LogP contribution in [0.5, 0.6) is 0 Å². The molecule has 0 radical (unpaired) electrons. The molecule has 0 bridgehead atoms. The maximum absolute atomic E-state index is 13.5. The number of halogens is 2. The fourth-order valence-corrected chi connectivity index (χ4v) is 3.72. The van der Waals surface area contributed by atoms with E-state index in [2.05, 4.69) is 15.3 Å². The number of piperazine rings is 1. The Morgan fingerprint density at radius 1 is 1.32 bits per heavy atom. The van der Waals surface area contributed by atoms with E-state index < -0.39 is 6.43 Å². The largest absolute Gasteiger partial charge is 0.337 e. The molecule has 1 aromatic heterocycles. The van der Waals surface area contributed by atoms with Crippen LogP contribution in [-0.2, 0) is 6.54 Å². The minimum Gasteiger partial charge on any atom is -0.337 e. The van der Waals surface area contributed by atoms with Crippen LogP contribution in [0.15, 0.2) is 6.20 Å². The van der Waals surface area contributed by atoms with Gasteiger partial charge < -0.3 is 10.2 Å². The number of aromatic nitrogens is 2. The summed E-state index contributed by atoms with van der Waals surface area (Å²) in [7, 11) is 0. The van der Waals surface area contributed by atoms with E-state index in [0.717, 1.165) is 32.6 Å². The van der Waals surface area contributed by atoms with Crippen LogP contribution in [0, 0.1) is 5.92 Å². The molecule has 140 valence electrons. The Bertz CT molecular complexity index is 598. The summed E-state index contributed by atoms with van der Waals surface area (Å²) >= 11 is 0. The smallest absolute Gasteiger partial charge is 0.280 e. The second-order valence-corrected chi connectivity index (χ2v) is 7.30. The highest BCUT2D eigenvalue weighted by atomic mass is 19.3. The minimum absolute atomic E-state index is 0.0524. The first-order valence-electron chi connectivity index (χ1n) is 9.05. The third-order valence-electron chi connectivity index (χ3n) is 4.97. The highest BCUT2D eigenvalue weighted by Gasteiger charge is 2.34. The van der Waals surface area contributed by atoms with Gasteiger partial charge in [-0.1, -0.05) is 13.8 Å². The number of hydrogen-bond acceptors (Lipinski definition) is 4. The quantitative estimate of drug-likeness (QED) is 0.872. The maximum Gasteiger partial charge on any atom is 0.280 e. The van der Waals surface area contributed by atoms with Crippen molar-refractivity contribution in [1.82, 2.24) is 24.9 Å². The van der Waals surface area contributed by atoms with Crippen molar-refractivity contribution < 1.29 is 13.6 Å². The third kappa shape index (κ3) is 4.00. The summed E-state index contributed by atoms with van der Waals surface area (Å²) in [5, 5.41) is 7.37. The van der Waals surface area contributed by atoms with E-state index >= 15 is 0 Å². The first-order valence-corrected chi connectivity index (χ1v) is 9.05. The van der Waals surface area contributed by atoms with Gasteiger partial charge in [-0.15, -0.1) is 0 Å². The van der Waals surface area contributed by atoms with Crippen LogP contribution in [0.3, 0.4) is 0 Å². The number of alkyl halides is 2. The van der Waals surface area contributed by atoms with Crippen molar-refractivity contribution in [3.8, 4) is 0 Å². The maximum atomic E-state index is 13.5. The van der Waals surface area contributed by atoms with Crippen LogP contribution in [0.4, 0.5) is 8.78 Å². The normalized spacial score (nSPS) is 22.3. The lowest BCUT2D eigenvalue weighted by Crippen LogP contribution is -2.49. The van der Waals surface area contributed by atoms with Gasteiger partial charge in [-0.2, -0.15) is 5.10 Å². The van der Waals surface area contributed by atoms with Gasteiger partial charge in [0.15, 0.2) is 0 Å². The first kappa shape index (κ1) is 18.3. The molecule has 1 N–H and O–H groups in total. The van der Waals surface area contributed by atoms with Crippen LogP contribution in [-0.4, -0.2) is 70.8 Å². The minimum atomic E-state index is -2.70. The molecule has 0 saturated carbocycles. The average molecular weight is 355 g/mol. The van der Waals surface area contributed by atoms with Crippen LogP contribution in [0.1, 0.15) is 42.7 Å². The molecule has 0 aliphatic carbocycles. The molecule has 0 spiro atoms. The number of rotatable bonds is 5. The van der Waals surface area contributed by atoms with Crippen LogP contribution in [0.25, 0.3) is 0 Å². The molecular formula is C17H27F2N5O. The zero-order valence-electron chi connectivity index (χ0n) is 14.9. The average Bonchev–Trinajstić information content (AvgIpc) is 3.21. The predicted octanol–water partition coefficient (Wildman–Crippen LogP) is 1.60. The van der Waals surface area contributed by atoms with E-state index in [1.807, 2.05) is 13.8 Å². The molecule has 1 atom stereocenters. The Morgan fingerprint density at radius 3 is 2.68 bits per heavy atom. The van der Waals surface area contributed by atoms with Crippen molar-refractivity contribution >= 4 is 5.91 Å². The Hall–Kier alpha value is -1.54. The molecule has 3 heterocycles. The molecule has 2 aliphatic rings.